The molecule has 0 saturated heterocycles. The normalized spacial score (nSPS) is 45.1. The summed E-state index contributed by atoms with van der Waals surface area (Å²) in [5.41, 5.74) is -1.77. The second-order valence-corrected chi connectivity index (χ2v) is 10.8. The predicted molar refractivity (Wildman–Crippen MR) is 111 cm³/mol. The Hall–Kier alpha value is -1.65. The molecular weight excluding hydrogens is 366 g/mol. The van der Waals surface area contributed by atoms with Gasteiger partial charge in [-0.2, -0.15) is 0 Å². The summed E-state index contributed by atoms with van der Waals surface area (Å²) < 4.78 is 0. The van der Waals surface area contributed by atoms with Gasteiger partial charge in [0.25, 0.3) is 0 Å². The summed E-state index contributed by atoms with van der Waals surface area (Å²) in [6, 6.07) is 0. The molecule has 160 valence electrons. The summed E-state index contributed by atoms with van der Waals surface area (Å²) in [5.74, 6) is 0.640. The number of hydrogen-bond donors (Lipinski definition) is 1. The highest BCUT2D eigenvalue weighted by atomic mass is 16.6. The quantitative estimate of drug-likeness (QED) is 0.293. The number of carboxylic acids is 1. The molecule has 0 heterocycles. The van der Waals surface area contributed by atoms with Crippen LogP contribution in [0.2, 0.25) is 0 Å². The van der Waals surface area contributed by atoms with Gasteiger partial charge in [-0.25, -0.2) is 0 Å². The van der Waals surface area contributed by atoms with Crippen LogP contribution in [0.15, 0.2) is 16.8 Å². The first-order chi connectivity index (χ1) is 13.7. The third-order valence-electron chi connectivity index (χ3n) is 8.76. The molecule has 4 aliphatic rings. The first-order valence-electron chi connectivity index (χ1n) is 11.3. The molecule has 3 fully saturated rings. The lowest BCUT2D eigenvalue weighted by molar-refractivity contribution is -0.173. The monoisotopic (exact) mass is 401 g/mol. The van der Waals surface area contributed by atoms with Crippen LogP contribution in [-0.2, 0) is 14.4 Å². The van der Waals surface area contributed by atoms with Crippen molar-refractivity contribution in [2.45, 2.75) is 60.3 Å². The maximum Gasteiger partial charge on any atom is 0.315 e. The van der Waals surface area contributed by atoms with Gasteiger partial charge in [0, 0.05) is 5.41 Å². The number of fused-ring (bicyclic) bond motifs is 2. The standard InChI is InChI=1S/C24H35NO4/c1-14(2)11-29-25-12-22-10-18-16(5)6-7-19(18)23(13-26)9-17(22)8-20(15(3)4)24(22,23)21(27)28/h8,12-19H,6-7,9-11H2,1-5H3,(H,27,28)/b25-12+/t16-,17+,18-,19-,22+,23+,24-/m1/s1. The average molecular weight is 402 g/mol. The van der Waals surface area contributed by atoms with E-state index in [0.29, 0.717) is 30.8 Å². The van der Waals surface area contributed by atoms with Gasteiger partial charge in [0.1, 0.15) is 18.3 Å². The van der Waals surface area contributed by atoms with Crippen LogP contribution in [0.1, 0.15) is 60.3 Å². The number of carboxylic acid groups (broad SMARTS) is 1. The number of rotatable bonds is 7. The van der Waals surface area contributed by atoms with E-state index in [1.807, 2.05) is 6.21 Å². The van der Waals surface area contributed by atoms with Gasteiger partial charge in [0.05, 0.1) is 11.6 Å². The smallest absolute Gasteiger partial charge is 0.315 e. The molecule has 0 aromatic rings. The second kappa shape index (κ2) is 6.68. The molecule has 7 atom stereocenters. The molecule has 4 bridgehead atoms. The number of aliphatic carboxylic acids is 1. The molecule has 0 spiro atoms. The Morgan fingerprint density at radius 3 is 2.59 bits per heavy atom. The minimum atomic E-state index is -1.20. The number of oxime groups is 1. The van der Waals surface area contributed by atoms with E-state index in [0.717, 1.165) is 31.1 Å². The highest BCUT2D eigenvalue weighted by molar-refractivity contribution is 5.96. The second-order valence-electron chi connectivity index (χ2n) is 10.8. The Morgan fingerprint density at radius 1 is 1.28 bits per heavy atom. The number of allylic oxidation sites excluding steroid dienone is 1. The Kier molecular flexibility index (Phi) is 4.75. The van der Waals surface area contributed by atoms with Crippen molar-refractivity contribution in [2.24, 2.45) is 56.9 Å². The van der Waals surface area contributed by atoms with Gasteiger partial charge < -0.3 is 14.7 Å². The third-order valence-corrected chi connectivity index (χ3v) is 8.76. The highest BCUT2D eigenvalue weighted by Crippen LogP contribution is 2.82. The first-order valence-corrected chi connectivity index (χ1v) is 11.3. The average Bonchev–Trinajstić information content (AvgIpc) is 3.22. The lowest BCUT2D eigenvalue weighted by Crippen LogP contribution is -2.63. The summed E-state index contributed by atoms with van der Waals surface area (Å²) in [6.07, 6.45) is 8.48. The van der Waals surface area contributed by atoms with E-state index in [2.05, 4.69) is 45.9 Å². The molecule has 29 heavy (non-hydrogen) atoms. The van der Waals surface area contributed by atoms with Crippen LogP contribution in [0.4, 0.5) is 0 Å². The van der Waals surface area contributed by atoms with E-state index >= 15 is 0 Å². The number of hydrogen-bond acceptors (Lipinski definition) is 4. The van der Waals surface area contributed by atoms with Crippen LogP contribution in [0.25, 0.3) is 0 Å². The Bertz CT molecular complexity index is 771. The van der Waals surface area contributed by atoms with E-state index in [4.69, 9.17) is 4.84 Å². The number of nitrogens with zero attached hydrogens (tertiary/aromatic N) is 1. The van der Waals surface area contributed by atoms with E-state index in [-0.39, 0.29) is 17.8 Å². The SMILES string of the molecule is CC(C)CO/N=C/[C@@]12C[C@@H]3[C@H](C)CC[C@H]3[C@@]3(C=O)C[C@@H]1C=C(C(C)C)[C@]32C(=O)O. The van der Waals surface area contributed by atoms with Crippen LogP contribution in [0.3, 0.4) is 0 Å². The molecule has 5 nitrogen and oxygen atoms in total. The zero-order valence-electron chi connectivity index (χ0n) is 18.4. The van der Waals surface area contributed by atoms with Crippen molar-refractivity contribution in [1.82, 2.24) is 0 Å². The van der Waals surface area contributed by atoms with Gasteiger partial charge in [-0.05, 0) is 54.8 Å². The van der Waals surface area contributed by atoms with Crippen molar-refractivity contribution in [3.8, 4) is 0 Å². The van der Waals surface area contributed by atoms with E-state index in [9.17, 15) is 14.7 Å². The van der Waals surface area contributed by atoms with Crippen molar-refractivity contribution in [3.05, 3.63) is 11.6 Å². The maximum atomic E-state index is 13.2. The molecule has 1 N–H and O–H groups in total. The van der Waals surface area contributed by atoms with E-state index in [1.54, 1.807) is 0 Å². The lowest BCUT2D eigenvalue weighted by Gasteiger charge is -2.57. The maximum absolute atomic E-state index is 13.2. The van der Waals surface area contributed by atoms with Crippen molar-refractivity contribution in [1.29, 1.82) is 0 Å². The Morgan fingerprint density at radius 2 is 2.00 bits per heavy atom. The molecular formula is C24H35NO4. The number of carbonyl (C=O) groups is 2. The topological polar surface area (TPSA) is 76.0 Å². The molecule has 4 rings (SSSR count). The van der Waals surface area contributed by atoms with E-state index < -0.39 is 22.2 Å². The lowest BCUT2D eigenvalue weighted by atomic mass is 9.43. The Balaban J connectivity index is 1.91. The molecule has 0 aliphatic heterocycles. The van der Waals surface area contributed by atoms with Crippen LogP contribution in [0, 0.1) is 51.8 Å². The summed E-state index contributed by atoms with van der Waals surface area (Å²) >= 11 is 0. The first kappa shape index (κ1) is 20.6. The molecule has 0 amide bonds. The summed E-state index contributed by atoms with van der Waals surface area (Å²) in [5, 5.41) is 15.1. The molecule has 4 aliphatic carbocycles. The van der Waals surface area contributed by atoms with E-state index in [1.165, 1.54) is 0 Å². The molecule has 0 aromatic heterocycles. The highest BCUT2D eigenvalue weighted by Gasteiger charge is 2.84. The summed E-state index contributed by atoms with van der Waals surface area (Å²) in [6.45, 7) is 11.0. The van der Waals surface area contributed by atoms with Crippen molar-refractivity contribution < 1.29 is 19.5 Å². The van der Waals surface area contributed by atoms with Crippen LogP contribution in [0.5, 0.6) is 0 Å². The summed E-state index contributed by atoms with van der Waals surface area (Å²) in [7, 11) is 0. The fourth-order valence-corrected chi connectivity index (χ4v) is 7.81. The number of aldehydes is 1. The number of carbonyl (C=O) groups excluding carboxylic acids is 1. The fraction of sp³-hybridized carbons (Fsp3) is 0.792. The van der Waals surface area contributed by atoms with Crippen LogP contribution in [-0.4, -0.2) is 30.2 Å². The van der Waals surface area contributed by atoms with Gasteiger partial charge in [-0.15, -0.1) is 0 Å². The predicted octanol–water partition coefficient (Wildman–Crippen LogP) is 4.57. The largest absolute Gasteiger partial charge is 0.481 e. The summed E-state index contributed by atoms with van der Waals surface area (Å²) in [4.78, 5) is 31.6. The van der Waals surface area contributed by atoms with Crippen molar-refractivity contribution in [3.63, 3.8) is 0 Å². The van der Waals surface area contributed by atoms with Gasteiger partial charge in [0.15, 0.2) is 0 Å². The Labute approximate surface area is 174 Å². The van der Waals surface area contributed by atoms with Gasteiger partial charge >= 0.3 is 5.97 Å². The molecule has 0 unspecified atom stereocenters. The van der Waals surface area contributed by atoms with Crippen LogP contribution >= 0.6 is 0 Å². The third kappa shape index (κ3) is 2.30. The molecule has 0 radical (unpaired) electrons. The fourth-order valence-electron chi connectivity index (χ4n) is 7.81. The van der Waals surface area contributed by atoms with Gasteiger partial charge in [-0.1, -0.05) is 57.8 Å². The van der Waals surface area contributed by atoms with Crippen molar-refractivity contribution >= 4 is 18.5 Å². The zero-order valence-corrected chi connectivity index (χ0v) is 18.4. The van der Waals surface area contributed by atoms with Crippen LogP contribution < -0.4 is 0 Å². The van der Waals surface area contributed by atoms with Crippen molar-refractivity contribution in [2.75, 3.05) is 6.61 Å². The zero-order chi connectivity index (χ0) is 21.2. The van der Waals surface area contributed by atoms with Gasteiger partial charge in [-0.3, -0.25) is 4.79 Å². The minimum absolute atomic E-state index is 0.0328. The molecule has 3 saturated carbocycles. The minimum Gasteiger partial charge on any atom is -0.481 e. The van der Waals surface area contributed by atoms with Gasteiger partial charge in [0.2, 0.25) is 0 Å². The molecule has 0 aromatic carbocycles. The molecule has 5 heteroatoms.